The molecule has 12 nitrogen and oxygen atoms in total. The number of nitrogens with zero attached hydrogens (tertiary/aromatic N) is 10. The van der Waals surface area contributed by atoms with Gasteiger partial charge >= 0.3 is 0 Å². The average molecular weight is 856 g/mol. The van der Waals surface area contributed by atoms with Crippen LogP contribution in [0, 0.1) is 0 Å². The van der Waals surface area contributed by atoms with Crippen molar-refractivity contribution in [1.82, 2.24) is 49.4 Å². The highest BCUT2D eigenvalue weighted by Gasteiger charge is 2.16. The lowest BCUT2D eigenvalue weighted by molar-refractivity contribution is 0.183. The van der Waals surface area contributed by atoms with Crippen molar-refractivity contribution in [2.75, 3.05) is 57.3 Å². The largest absolute Gasteiger partial charge is 0.492 e. The van der Waals surface area contributed by atoms with Gasteiger partial charge in [-0.05, 0) is 96.7 Å². The van der Waals surface area contributed by atoms with E-state index in [9.17, 15) is 0 Å². The van der Waals surface area contributed by atoms with E-state index in [1.54, 1.807) is 0 Å². The van der Waals surface area contributed by atoms with Crippen molar-refractivity contribution in [3.63, 3.8) is 0 Å². The normalized spacial score (nSPS) is 14.5. The minimum absolute atomic E-state index is 0.729. The molecule has 8 heterocycles. The van der Waals surface area contributed by atoms with Crippen LogP contribution in [0.1, 0.15) is 19.3 Å². The predicted molar refractivity (Wildman–Crippen MR) is 259 cm³/mol. The molecular weight excluding hydrogens is 807 g/mol. The molecular formula is C53H49N11O. The summed E-state index contributed by atoms with van der Waals surface area (Å²) < 4.78 is 9.69. The summed E-state index contributed by atoms with van der Waals surface area (Å²) in [6.07, 6.45) is 19.3. The molecule has 2 saturated heterocycles. The lowest BCUT2D eigenvalue weighted by Gasteiger charge is -2.29. The van der Waals surface area contributed by atoms with E-state index in [4.69, 9.17) is 14.7 Å². The van der Waals surface area contributed by atoms with E-state index in [1.165, 1.54) is 38.0 Å². The Bertz CT molecular complexity index is 3210. The molecule has 2 fully saturated rings. The molecule has 0 bridgehead atoms. The second-order valence-corrected chi connectivity index (χ2v) is 16.6. The molecule has 0 saturated carbocycles. The fourth-order valence-electron chi connectivity index (χ4n) is 9.11. The molecule has 12 heteroatoms. The van der Waals surface area contributed by atoms with Crippen LogP contribution in [0.2, 0.25) is 0 Å². The third-order valence-electron chi connectivity index (χ3n) is 12.6. The van der Waals surface area contributed by atoms with Crippen molar-refractivity contribution in [3.8, 4) is 50.3 Å². The zero-order valence-electron chi connectivity index (χ0n) is 36.2. The summed E-state index contributed by atoms with van der Waals surface area (Å²) in [4.78, 5) is 23.4. The minimum atomic E-state index is 0.729. The summed E-state index contributed by atoms with van der Waals surface area (Å²) >= 11 is 0. The quantitative estimate of drug-likeness (QED) is 0.151. The average Bonchev–Trinajstić information content (AvgIpc) is 4.01. The van der Waals surface area contributed by atoms with Crippen molar-refractivity contribution in [2.45, 2.75) is 19.3 Å². The van der Waals surface area contributed by atoms with E-state index in [-0.39, 0.29) is 0 Å². The Balaban J connectivity index is 0.000000145. The van der Waals surface area contributed by atoms with E-state index < -0.39 is 0 Å². The van der Waals surface area contributed by atoms with Crippen LogP contribution in [0.3, 0.4) is 0 Å². The number of hydrogen-bond acceptors (Lipinski definition) is 10. The maximum absolute atomic E-state index is 5.98. The van der Waals surface area contributed by atoms with Gasteiger partial charge in [-0.3, -0.25) is 14.9 Å². The molecule has 10 aromatic rings. The number of piperazine rings is 1. The number of ether oxygens (including phenoxy) is 1. The monoisotopic (exact) mass is 855 g/mol. The summed E-state index contributed by atoms with van der Waals surface area (Å²) in [5.74, 6) is 0.903. The highest BCUT2D eigenvalue weighted by Crippen LogP contribution is 2.33. The Morgan fingerprint density at radius 1 is 0.492 bits per heavy atom. The van der Waals surface area contributed by atoms with Crippen molar-refractivity contribution in [3.05, 3.63) is 159 Å². The Morgan fingerprint density at radius 3 is 1.62 bits per heavy atom. The zero-order chi connectivity index (χ0) is 43.4. The molecule has 12 rings (SSSR count). The topological polar surface area (TPSA) is 114 Å². The third kappa shape index (κ3) is 8.49. The van der Waals surface area contributed by atoms with Gasteiger partial charge in [-0.15, -0.1) is 0 Å². The van der Waals surface area contributed by atoms with Crippen molar-refractivity contribution in [2.24, 2.45) is 0 Å². The standard InChI is InChI=1S/C28H27N5O.C25H22N6/c1-2-14-32(15-3-1)16-17-34-23-11-9-21(10-12-23)22-18-30-28-26(19-31-33(28)20-22)24-6-4-8-27-25(24)7-5-13-29-27;1-3-21(22-4-2-10-27-24(22)5-1)23-16-29-31-17-19(15-28-25(23)31)18-6-8-20(9-7-18)30-13-11-26-12-14-30/h4-13,18-20H,1-3,14-17H2;1-10,15-17,26H,11-14H2. The SMILES string of the molecule is c1cc(-c2cnn3cc(-c4ccc(N5CCNCC5)cc4)cnc23)c2cccnc2c1.c1cc(-c2cnn3cc(-c4ccc(OCCN5CCCCC5)cc4)cnc23)c2cccnc2c1. The van der Waals surface area contributed by atoms with Crippen LogP contribution in [0.5, 0.6) is 5.75 Å². The molecule has 2 aliphatic rings. The second-order valence-electron chi connectivity index (χ2n) is 16.6. The number of nitrogens with one attached hydrogen (secondary N) is 1. The van der Waals surface area contributed by atoms with Gasteiger partial charge in [0.25, 0.3) is 0 Å². The smallest absolute Gasteiger partial charge is 0.162 e. The van der Waals surface area contributed by atoms with E-state index in [1.807, 2.05) is 101 Å². The van der Waals surface area contributed by atoms with Crippen molar-refractivity contribution < 1.29 is 4.74 Å². The number of likely N-dealkylation sites (tertiary alicyclic amines) is 1. The fourth-order valence-corrected chi connectivity index (χ4v) is 9.11. The van der Waals surface area contributed by atoms with Gasteiger partial charge in [0.05, 0.1) is 23.4 Å². The fraction of sp³-hybridized carbons (Fsp3) is 0.208. The van der Waals surface area contributed by atoms with Gasteiger partial charge < -0.3 is 15.0 Å². The molecule has 6 aromatic heterocycles. The summed E-state index contributed by atoms with van der Waals surface area (Å²) in [6, 6.07) is 37.4. The zero-order valence-corrected chi connectivity index (χ0v) is 36.2. The van der Waals surface area contributed by atoms with E-state index >= 15 is 0 Å². The Hall–Kier alpha value is -7.54. The first-order chi connectivity index (χ1) is 32.2. The lowest BCUT2D eigenvalue weighted by atomic mass is 10.0. The molecule has 65 heavy (non-hydrogen) atoms. The van der Waals surface area contributed by atoms with Crippen LogP contribution < -0.4 is 15.0 Å². The van der Waals surface area contributed by atoms with Gasteiger partial charge in [-0.2, -0.15) is 10.2 Å². The molecule has 0 amide bonds. The summed E-state index contributed by atoms with van der Waals surface area (Å²) in [6.45, 7) is 8.30. The number of pyridine rings is 2. The van der Waals surface area contributed by atoms with Crippen LogP contribution >= 0.6 is 0 Å². The second kappa shape index (κ2) is 18.3. The van der Waals surface area contributed by atoms with Crippen LogP contribution in [0.4, 0.5) is 5.69 Å². The number of piperidine rings is 1. The van der Waals surface area contributed by atoms with Crippen LogP contribution in [-0.4, -0.2) is 96.5 Å². The Labute approximate surface area is 377 Å². The Kier molecular flexibility index (Phi) is 11.3. The predicted octanol–water partition coefficient (Wildman–Crippen LogP) is 9.50. The number of hydrogen-bond donors (Lipinski definition) is 1. The van der Waals surface area contributed by atoms with Gasteiger partial charge in [-0.1, -0.05) is 67.1 Å². The van der Waals surface area contributed by atoms with Gasteiger partial charge in [0.2, 0.25) is 0 Å². The highest BCUT2D eigenvalue weighted by atomic mass is 16.5. The van der Waals surface area contributed by atoms with Gasteiger partial charge in [0, 0.05) is 109 Å². The Morgan fingerprint density at radius 2 is 1.05 bits per heavy atom. The number of aromatic nitrogens is 8. The van der Waals surface area contributed by atoms with E-state index in [0.717, 1.165) is 123 Å². The first-order valence-electron chi connectivity index (χ1n) is 22.6. The summed E-state index contributed by atoms with van der Waals surface area (Å²) in [5.41, 5.74) is 13.4. The molecule has 0 aliphatic carbocycles. The first-order valence-corrected chi connectivity index (χ1v) is 22.6. The van der Waals surface area contributed by atoms with Crippen LogP contribution in [0.15, 0.2) is 159 Å². The van der Waals surface area contributed by atoms with E-state index in [0.29, 0.717) is 0 Å². The molecule has 322 valence electrons. The van der Waals surface area contributed by atoms with Crippen LogP contribution in [0.25, 0.3) is 77.6 Å². The molecule has 0 spiro atoms. The molecule has 1 N–H and O–H groups in total. The van der Waals surface area contributed by atoms with Crippen molar-refractivity contribution >= 4 is 38.8 Å². The summed E-state index contributed by atoms with van der Waals surface area (Å²) in [5, 5.41) is 14.8. The number of rotatable bonds is 9. The first kappa shape index (κ1) is 40.2. The number of benzene rings is 4. The van der Waals surface area contributed by atoms with Gasteiger partial charge in [0.15, 0.2) is 11.3 Å². The van der Waals surface area contributed by atoms with Gasteiger partial charge in [-0.25, -0.2) is 19.0 Å². The maximum atomic E-state index is 5.98. The van der Waals surface area contributed by atoms with Crippen LogP contribution in [-0.2, 0) is 0 Å². The molecule has 0 atom stereocenters. The number of fused-ring (bicyclic) bond motifs is 4. The number of anilines is 1. The molecule has 0 unspecified atom stereocenters. The van der Waals surface area contributed by atoms with E-state index in [2.05, 4.69) is 102 Å². The lowest BCUT2D eigenvalue weighted by Crippen LogP contribution is -2.43. The highest BCUT2D eigenvalue weighted by molar-refractivity contribution is 5.99. The maximum Gasteiger partial charge on any atom is 0.162 e. The van der Waals surface area contributed by atoms with Crippen molar-refractivity contribution in [1.29, 1.82) is 0 Å². The summed E-state index contributed by atoms with van der Waals surface area (Å²) in [7, 11) is 0. The van der Waals surface area contributed by atoms with Gasteiger partial charge in [0.1, 0.15) is 12.4 Å². The molecule has 4 aromatic carbocycles. The third-order valence-corrected chi connectivity index (χ3v) is 12.6. The molecule has 0 radical (unpaired) electrons. The minimum Gasteiger partial charge on any atom is -0.492 e. The molecule has 2 aliphatic heterocycles.